The van der Waals surface area contributed by atoms with Crippen LogP contribution in [0.3, 0.4) is 0 Å². The van der Waals surface area contributed by atoms with Gasteiger partial charge in [0.25, 0.3) is 5.91 Å². The Hall–Kier alpha value is -2.04. The van der Waals surface area contributed by atoms with Crippen molar-refractivity contribution >= 4 is 11.9 Å². The van der Waals surface area contributed by atoms with Gasteiger partial charge < -0.3 is 14.8 Å². The molecule has 1 N–H and O–H groups in total. The van der Waals surface area contributed by atoms with Crippen molar-refractivity contribution in [3.8, 4) is 5.75 Å². The Morgan fingerprint density at radius 1 is 1.11 bits per heavy atom. The second-order valence-electron chi connectivity index (χ2n) is 8.87. The minimum Gasteiger partial charge on any atom is -0.482 e. The lowest BCUT2D eigenvalue weighted by Gasteiger charge is -2.57. The van der Waals surface area contributed by atoms with Crippen molar-refractivity contribution in [3.05, 3.63) is 29.8 Å². The third-order valence-electron chi connectivity index (χ3n) is 6.54. The Kier molecular flexibility index (Phi) is 4.87. The van der Waals surface area contributed by atoms with Gasteiger partial charge in [-0.15, -0.1) is 0 Å². The van der Waals surface area contributed by atoms with E-state index in [1.54, 1.807) is 6.92 Å². The zero-order chi connectivity index (χ0) is 19.0. The molecule has 0 heterocycles. The summed E-state index contributed by atoms with van der Waals surface area (Å²) in [6.45, 7) is 3.36. The van der Waals surface area contributed by atoms with E-state index in [9.17, 15) is 9.59 Å². The van der Waals surface area contributed by atoms with Gasteiger partial charge in [-0.05, 0) is 81.8 Å². The van der Waals surface area contributed by atoms with Gasteiger partial charge in [-0.1, -0.05) is 18.2 Å². The summed E-state index contributed by atoms with van der Waals surface area (Å²) in [5.74, 6) is 2.23. The van der Waals surface area contributed by atoms with E-state index in [4.69, 9.17) is 9.47 Å². The third kappa shape index (κ3) is 3.97. The van der Waals surface area contributed by atoms with Crippen molar-refractivity contribution in [2.75, 3.05) is 6.61 Å². The SMILES string of the molecule is Cc1ccccc1OCC(=O)O[C@@H](C)C(=O)NC12CC3CC(CC(C3)C1)C2. The van der Waals surface area contributed by atoms with Crippen molar-refractivity contribution in [2.45, 2.75) is 64.0 Å². The summed E-state index contributed by atoms with van der Waals surface area (Å²) in [6, 6.07) is 7.50. The van der Waals surface area contributed by atoms with Crippen LogP contribution < -0.4 is 10.1 Å². The zero-order valence-corrected chi connectivity index (χ0v) is 16.2. The molecule has 0 aromatic heterocycles. The van der Waals surface area contributed by atoms with Gasteiger partial charge in [0, 0.05) is 5.54 Å². The molecule has 0 spiro atoms. The number of amides is 1. The van der Waals surface area contributed by atoms with Gasteiger partial charge in [0.1, 0.15) is 5.75 Å². The summed E-state index contributed by atoms with van der Waals surface area (Å²) in [7, 11) is 0. The first kappa shape index (κ1) is 18.3. The molecule has 1 atom stereocenters. The second-order valence-corrected chi connectivity index (χ2v) is 8.87. The van der Waals surface area contributed by atoms with Crippen LogP contribution in [0.25, 0.3) is 0 Å². The number of rotatable bonds is 6. The Balaban J connectivity index is 1.28. The van der Waals surface area contributed by atoms with Crippen LogP contribution in [-0.2, 0) is 14.3 Å². The molecule has 5 nitrogen and oxygen atoms in total. The summed E-state index contributed by atoms with van der Waals surface area (Å²) in [4.78, 5) is 24.7. The molecule has 0 unspecified atom stereocenters. The van der Waals surface area contributed by atoms with Crippen LogP contribution in [0.2, 0.25) is 0 Å². The molecule has 4 saturated carbocycles. The van der Waals surface area contributed by atoms with Gasteiger partial charge in [0.05, 0.1) is 0 Å². The van der Waals surface area contributed by atoms with E-state index in [0.29, 0.717) is 5.75 Å². The van der Waals surface area contributed by atoms with E-state index < -0.39 is 12.1 Å². The summed E-state index contributed by atoms with van der Waals surface area (Å²) in [5.41, 5.74) is 0.891. The first-order chi connectivity index (χ1) is 12.9. The standard InChI is InChI=1S/C22H29NO4/c1-14-5-3-4-6-19(14)26-13-20(24)27-15(2)21(25)23-22-10-16-7-17(11-22)9-18(8-16)12-22/h3-6,15-18H,7-13H2,1-2H3,(H,23,25)/t15-,16?,17?,18?,22?/m0/s1. The quantitative estimate of drug-likeness (QED) is 0.779. The fraction of sp³-hybridized carbons (Fsp3) is 0.636. The molecule has 1 aromatic carbocycles. The van der Waals surface area contributed by atoms with Crippen molar-refractivity contribution in [3.63, 3.8) is 0 Å². The summed E-state index contributed by atoms with van der Waals surface area (Å²) >= 11 is 0. The molecule has 4 aliphatic rings. The average Bonchev–Trinajstić information content (AvgIpc) is 2.59. The van der Waals surface area contributed by atoms with Crippen molar-refractivity contribution in [2.24, 2.45) is 17.8 Å². The first-order valence-electron chi connectivity index (χ1n) is 10.1. The molecular weight excluding hydrogens is 342 g/mol. The van der Waals surface area contributed by atoms with Crippen LogP contribution in [-0.4, -0.2) is 30.1 Å². The highest BCUT2D eigenvalue weighted by atomic mass is 16.6. The minimum atomic E-state index is -0.800. The number of carbonyl (C=O) groups is 2. The van der Waals surface area contributed by atoms with E-state index in [1.807, 2.05) is 31.2 Å². The Morgan fingerprint density at radius 2 is 1.70 bits per heavy atom. The average molecular weight is 371 g/mol. The number of hydrogen-bond donors (Lipinski definition) is 1. The third-order valence-corrected chi connectivity index (χ3v) is 6.54. The van der Waals surface area contributed by atoms with Gasteiger partial charge in [0.15, 0.2) is 12.7 Å². The van der Waals surface area contributed by atoms with Gasteiger partial charge >= 0.3 is 5.97 Å². The van der Waals surface area contributed by atoms with Crippen LogP contribution in [0, 0.1) is 24.7 Å². The Labute approximate surface area is 160 Å². The number of esters is 1. The lowest BCUT2D eigenvalue weighted by molar-refractivity contribution is -0.158. The number of hydrogen-bond acceptors (Lipinski definition) is 4. The van der Waals surface area contributed by atoms with E-state index >= 15 is 0 Å². The predicted molar refractivity (Wildman–Crippen MR) is 101 cm³/mol. The maximum atomic E-state index is 12.7. The molecule has 1 aromatic rings. The fourth-order valence-electron chi connectivity index (χ4n) is 5.77. The van der Waals surface area contributed by atoms with Crippen LogP contribution >= 0.6 is 0 Å². The molecule has 0 saturated heterocycles. The Bertz CT molecular complexity index is 693. The van der Waals surface area contributed by atoms with E-state index in [0.717, 1.165) is 42.6 Å². The van der Waals surface area contributed by atoms with E-state index in [2.05, 4.69) is 5.32 Å². The number of carbonyl (C=O) groups excluding carboxylic acids is 2. The molecule has 4 aliphatic carbocycles. The lowest BCUT2D eigenvalue weighted by atomic mass is 9.53. The van der Waals surface area contributed by atoms with E-state index in [-0.39, 0.29) is 18.1 Å². The molecular formula is C22H29NO4. The second kappa shape index (κ2) is 7.17. The maximum Gasteiger partial charge on any atom is 0.344 e. The van der Waals surface area contributed by atoms with Gasteiger partial charge in [-0.25, -0.2) is 4.79 Å². The van der Waals surface area contributed by atoms with Gasteiger partial charge in [0.2, 0.25) is 0 Å². The monoisotopic (exact) mass is 371 g/mol. The lowest BCUT2D eigenvalue weighted by Crippen LogP contribution is -2.61. The number of ether oxygens (including phenoxy) is 2. The zero-order valence-electron chi connectivity index (χ0n) is 16.2. The smallest absolute Gasteiger partial charge is 0.344 e. The molecule has 27 heavy (non-hydrogen) atoms. The molecule has 5 rings (SSSR count). The summed E-state index contributed by atoms with van der Waals surface area (Å²) < 4.78 is 10.8. The minimum absolute atomic E-state index is 0.0653. The number of aryl methyl sites for hydroxylation is 1. The summed E-state index contributed by atoms with van der Waals surface area (Å²) in [5, 5.41) is 3.26. The topological polar surface area (TPSA) is 64.6 Å². The van der Waals surface area contributed by atoms with Crippen LogP contribution in [0.1, 0.15) is 51.0 Å². The largest absolute Gasteiger partial charge is 0.482 e. The summed E-state index contributed by atoms with van der Waals surface area (Å²) in [6.07, 6.45) is 6.44. The number of benzene rings is 1. The molecule has 146 valence electrons. The number of nitrogens with one attached hydrogen (secondary N) is 1. The molecule has 1 amide bonds. The number of para-hydroxylation sites is 1. The van der Waals surface area contributed by atoms with Crippen molar-refractivity contribution in [1.82, 2.24) is 5.32 Å². The maximum absolute atomic E-state index is 12.7. The molecule has 5 heteroatoms. The van der Waals surface area contributed by atoms with Crippen LogP contribution in [0.5, 0.6) is 5.75 Å². The highest BCUT2D eigenvalue weighted by Gasteiger charge is 2.51. The van der Waals surface area contributed by atoms with Crippen LogP contribution in [0.15, 0.2) is 24.3 Å². The van der Waals surface area contributed by atoms with Gasteiger partial charge in [-0.3, -0.25) is 4.79 Å². The fourth-order valence-corrected chi connectivity index (χ4v) is 5.77. The predicted octanol–water partition coefficient (Wildman–Crippen LogP) is 3.39. The normalized spacial score (nSPS) is 32.0. The molecule has 0 aliphatic heterocycles. The van der Waals surface area contributed by atoms with Crippen LogP contribution in [0.4, 0.5) is 0 Å². The highest BCUT2D eigenvalue weighted by molar-refractivity contribution is 5.84. The van der Waals surface area contributed by atoms with Crippen molar-refractivity contribution in [1.29, 1.82) is 0 Å². The van der Waals surface area contributed by atoms with E-state index in [1.165, 1.54) is 19.3 Å². The van der Waals surface area contributed by atoms with Crippen molar-refractivity contribution < 1.29 is 19.1 Å². The molecule has 0 radical (unpaired) electrons. The molecule has 4 bridgehead atoms. The molecule has 4 fully saturated rings. The first-order valence-corrected chi connectivity index (χ1v) is 10.1. The Morgan fingerprint density at radius 3 is 2.30 bits per heavy atom. The van der Waals surface area contributed by atoms with Gasteiger partial charge in [-0.2, -0.15) is 0 Å². The highest BCUT2D eigenvalue weighted by Crippen LogP contribution is 2.55.